The Balaban J connectivity index is 2.72. The zero-order valence-corrected chi connectivity index (χ0v) is 8.98. The highest BCUT2D eigenvalue weighted by Crippen LogP contribution is 2.09. The van der Waals surface area contributed by atoms with E-state index in [-0.39, 0.29) is 4.90 Å². The Morgan fingerprint density at radius 3 is 2.71 bits per heavy atom. The van der Waals surface area contributed by atoms with E-state index in [2.05, 4.69) is 20.2 Å². The van der Waals surface area contributed by atoms with E-state index in [4.69, 9.17) is 0 Å². The first kappa shape index (κ1) is 11.2. The van der Waals surface area contributed by atoms with Crippen LogP contribution in [0, 0.1) is 6.92 Å². The van der Waals surface area contributed by atoms with Crippen molar-refractivity contribution in [3.63, 3.8) is 0 Å². The fourth-order valence-electron chi connectivity index (χ4n) is 0.999. The lowest BCUT2D eigenvalue weighted by Crippen LogP contribution is -2.30. The summed E-state index contributed by atoms with van der Waals surface area (Å²) in [4.78, 5) is 0.202. The van der Waals surface area contributed by atoms with E-state index in [0.717, 1.165) is 0 Å². The molecule has 0 aliphatic carbocycles. The van der Waals surface area contributed by atoms with Crippen LogP contribution in [0.1, 0.15) is 5.69 Å². The van der Waals surface area contributed by atoms with Crippen molar-refractivity contribution in [3.05, 3.63) is 11.9 Å². The minimum absolute atomic E-state index is 0.202. The summed E-state index contributed by atoms with van der Waals surface area (Å²) in [5.74, 6) is 0. The fourth-order valence-corrected chi connectivity index (χ4v) is 2.17. The average molecular weight is 218 g/mol. The van der Waals surface area contributed by atoms with E-state index in [9.17, 15) is 8.42 Å². The van der Waals surface area contributed by atoms with Gasteiger partial charge in [-0.2, -0.15) is 5.10 Å². The van der Waals surface area contributed by atoms with Gasteiger partial charge >= 0.3 is 0 Å². The van der Waals surface area contributed by atoms with E-state index in [1.807, 2.05) is 0 Å². The molecule has 7 heteroatoms. The van der Waals surface area contributed by atoms with Crippen molar-refractivity contribution in [1.82, 2.24) is 20.2 Å². The number of hydrogen-bond acceptors (Lipinski definition) is 4. The normalized spacial score (nSPS) is 11.9. The summed E-state index contributed by atoms with van der Waals surface area (Å²) in [6.07, 6.45) is 1.30. The molecule has 0 aliphatic heterocycles. The molecule has 0 saturated carbocycles. The number of rotatable bonds is 5. The number of aromatic amines is 1. The number of H-pyrrole nitrogens is 1. The molecule has 80 valence electrons. The van der Waals surface area contributed by atoms with Crippen molar-refractivity contribution in [2.24, 2.45) is 0 Å². The number of likely N-dealkylation sites (N-methyl/N-ethyl adjacent to an activating group) is 1. The highest BCUT2D eigenvalue weighted by molar-refractivity contribution is 7.89. The summed E-state index contributed by atoms with van der Waals surface area (Å²) in [5.41, 5.74) is 0.543. The molecule has 14 heavy (non-hydrogen) atoms. The first-order chi connectivity index (χ1) is 6.58. The Kier molecular flexibility index (Phi) is 3.62. The van der Waals surface area contributed by atoms with E-state index < -0.39 is 10.0 Å². The third-order valence-corrected chi connectivity index (χ3v) is 3.32. The molecule has 0 spiro atoms. The third-order valence-electron chi connectivity index (χ3n) is 1.74. The molecule has 0 fully saturated rings. The molecule has 6 nitrogen and oxygen atoms in total. The number of nitrogens with zero attached hydrogens (tertiary/aromatic N) is 1. The van der Waals surface area contributed by atoms with Gasteiger partial charge in [-0.15, -0.1) is 0 Å². The van der Waals surface area contributed by atoms with Crippen molar-refractivity contribution >= 4 is 10.0 Å². The first-order valence-electron chi connectivity index (χ1n) is 4.22. The SMILES string of the molecule is CNCCNS(=O)(=O)c1cn[nH]c1C. The summed E-state index contributed by atoms with van der Waals surface area (Å²) in [6, 6.07) is 0. The van der Waals surface area contributed by atoms with Gasteiger partial charge in [-0.05, 0) is 14.0 Å². The maximum atomic E-state index is 11.6. The maximum Gasteiger partial charge on any atom is 0.243 e. The Bertz CT molecular complexity index is 384. The highest BCUT2D eigenvalue weighted by Gasteiger charge is 2.17. The quantitative estimate of drug-likeness (QED) is 0.566. The number of aromatic nitrogens is 2. The summed E-state index contributed by atoms with van der Waals surface area (Å²) < 4.78 is 25.6. The molecule has 0 atom stereocenters. The van der Waals surface area contributed by atoms with E-state index >= 15 is 0 Å². The van der Waals surface area contributed by atoms with E-state index in [0.29, 0.717) is 18.8 Å². The molecule has 0 amide bonds. The molecule has 3 N–H and O–H groups in total. The standard InChI is InChI=1S/C7H14N4O2S/c1-6-7(5-9-11-6)14(12,13)10-4-3-8-2/h5,8,10H,3-4H2,1-2H3,(H,9,11). The van der Waals surface area contributed by atoms with Crippen LogP contribution in [-0.4, -0.2) is 38.8 Å². The number of hydrogen-bond donors (Lipinski definition) is 3. The van der Waals surface area contributed by atoms with Gasteiger partial charge in [0.25, 0.3) is 0 Å². The Morgan fingerprint density at radius 1 is 1.50 bits per heavy atom. The molecule has 0 aromatic carbocycles. The first-order valence-corrected chi connectivity index (χ1v) is 5.70. The fraction of sp³-hybridized carbons (Fsp3) is 0.571. The molecule has 0 radical (unpaired) electrons. The molecule has 0 saturated heterocycles. The monoisotopic (exact) mass is 218 g/mol. The minimum atomic E-state index is -3.40. The van der Waals surface area contributed by atoms with Gasteiger partial charge in [0.1, 0.15) is 4.90 Å². The van der Waals surface area contributed by atoms with Crippen LogP contribution in [0.2, 0.25) is 0 Å². The van der Waals surface area contributed by atoms with Crippen LogP contribution in [0.25, 0.3) is 0 Å². The molecule has 1 aromatic rings. The predicted octanol–water partition coefficient (Wildman–Crippen LogP) is -0.784. The van der Waals surface area contributed by atoms with Gasteiger partial charge in [0, 0.05) is 13.1 Å². The lowest BCUT2D eigenvalue weighted by atomic mass is 10.5. The van der Waals surface area contributed by atoms with Crippen LogP contribution >= 0.6 is 0 Å². The van der Waals surface area contributed by atoms with Crippen molar-refractivity contribution < 1.29 is 8.42 Å². The zero-order valence-electron chi connectivity index (χ0n) is 8.16. The van der Waals surface area contributed by atoms with Crippen molar-refractivity contribution in [1.29, 1.82) is 0 Å². The number of aryl methyl sites for hydroxylation is 1. The molecular formula is C7H14N4O2S. The van der Waals surface area contributed by atoms with Crippen LogP contribution in [0.15, 0.2) is 11.1 Å². The molecule has 1 aromatic heterocycles. The molecular weight excluding hydrogens is 204 g/mol. The lowest BCUT2D eigenvalue weighted by Gasteiger charge is -2.04. The molecule has 0 unspecified atom stereocenters. The van der Waals surface area contributed by atoms with Crippen LogP contribution in [0.5, 0.6) is 0 Å². The number of sulfonamides is 1. The second-order valence-electron chi connectivity index (χ2n) is 2.86. The van der Waals surface area contributed by atoms with Crippen molar-refractivity contribution in [2.75, 3.05) is 20.1 Å². The molecule has 0 bridgehead atoms. The topological polar surface area (TPSA) is 86.9 Å². The van der Waals surface area contributed by atoms with Gasteiger partial charge in [0.15, 0.2) is 0 Å². The van der Waals surface area contributed by atoms with E-state index in [1.165, 1.54) is 6.20 Å². The molecule has 1 rings (SSSR count). The maximum absolute atomic E-state index is 11.6. The van der Waals surface area contributed by atoms with Gasteiger partial charge in [0.2, 0.25) is 10.0 Å². The van der Waals surface area contributed by atoms with Crippen LogP contribution < -0.4 is 10.0 Å². The Morgan fingerprint density at radius 2 is 2.21 bits per heavy atom. The van der Waals surface area contributed by atoms with Crippen LogP contribution in [0.4, 0.5) is 0 Å². The van der Waals surface area contributed by atoms with Gasteiger partial charge < -0.3 is 5.32 Å². The summed E-state index contributed by atoms with van der Waals surface area (Å²) in [5, 5.41) is 9.09. The average Bonchev–Trinajstić information content (AvgIpc) is 2.52. The lowest BCUT2D eigenvalue weighted by molar-refractivity contribution is 0.579. The van der Waals surface area contributed by atoms with Crippen molar-refractivity contribution in [2.45, 2.75) is 11.8 Å². The largest absolute Gasteiger partial charge is 0.318 e. The van der Waals surface area contributed by atoms with Gasteiger partial charge in [-0.1, -0.05) is 0 Å². The second kappa shape index (κ2) is 4.54. The zero-order chi connectivity index (χ0) is 10.6. The molecule has 0 aliphatic rings. The third kappa shape index (κ3) is 2.53. The Labute approximate surface area is 83.1 Å². The summed E-state index contributed by atoms with van der Waals surface area (Å²) in [6.45, 7) is 2.62. The van der Waals surface area contributed by atoms with E-state index in [1.54, 1.807) is 14.0 Å². The van der Waals surface area contributed by atoms with Crippen LogP contribution in [0.3, 0.4) is 0 Å². The van der Waals surface area contributed by atoms with Crippen LogP contribution in [-0.2, 0) is 10.0 Å². The second-order valence-corrected chi connectivity index (χ2v) is 4.60. The van der Waals surface area contributed by atoms with Gasteiger partial charge in [0.05, 0.1) is 11.9 Å². The minimum Gasteiger partial charge on any atom is -0.318 e. The highest BCUT2D eigenvalue weighted by atomic mass is 32.2. The predicted molar refractivity (Wildman–Crippen MR) is 52.4 cm³/mol. The smallest absolute Gasteiger partial charge is 0.243 e. The van der Waals surface area contributed by atoms with Crippen molar-refractivity contribution in [3.8, 4) is 0 Å². The molecule has 1 heterocycles. The summed E-state index contributed by atoms with van der Waals surface area (Å²) in [7, 11) is -1.64. The van der Waals surface area contributed by atoms with Gasteiger partial charge in [-0.3, -0.25) is 5.10 Å². The summed E-state index contributed by atoms with van der Waals surface area (Å²) >= 11 is 0. The number of nitrogens with one attached hydrogen (secondary N) is 3. The van der Waals surface area contributed by atoms with Gasteiger partial charge in [-0.25, -0.2) is 13.1 Å². The Hall–Kier alpha value is -0.920.